The second-order valence-corrected chi connectivity index (χ2v) is 2.17. The van der Waals surface area contributed by atoms with E-state index in [0.29, 0.717) is 0 Å². The quantitative estimate of drug-likeness (QED) is 0.325. The third-order valence-electron chi connectivity index (χ3n) is 1.34. The van der Waals surface area contributed by atoms with E-state index in [2.05, 4.69) is 18.5 Å². The van der Waals surface area contributed by atoms with Crippen LogP contribution >= 0.6 is 0 Å². The summed E-state index contributed by atoms with van der Waals surface area (Å²) in [6, 6.07) is -0.0163. The lowest BCUT2D eigenvalue weighted by Gasteiger charge is -2.00. The normalized spacial score (nSPS) is 11.7. The van der Waals surface area contributed by atoms with Crippen LogP contribution < -0.4 is 0 Å². The fourth-order valence-corrected chi connectivity index (χ4v) is 0.716. The van der Waals surface area contributed by atoms with Gasteiger partial charge in [0.25, 0.3) is 0 Å². The molecule has 0 aromatic carbocycles. The molecule has 0 saturated heterocycles. The van der Waals surface area contributed by atoms with Gasteiger partial charge in [0.2, 0.25) is 6.08 Å². The van der Waals surface area contributed by atoms with Gasteiger partial charge in [0.05, 0.1) is 6.04 Å². The largest absolute Gasteiger partial charge is 0.235 e. The number of unbranched alkanes of at least 4 members (excludes halogenated alkanes) is 1. The molecule has 2 heteroatoms. The molecule has 1 atom stereocenters. The molecule has 0 spiro atoms. The van der Waals surface area contributed by atoms with Crippen LogP contribution in [0.2, 0.25) is 0 Å². The van der Waals surface area contributed by atoms with Crippen LogP contribution in [-0.4, -0.2) is 12.1 Å². The Hall–Kier alpha value is -0.880. The zero-order valence-electron chi connectivity index (χ0n) is 6.34. The van der Waals surface area contributed by atoms with Crippen LogP contribution in [0.3, 0.4) is 0 Å². The number of nitrogens with zero attached hydrogens (tertiary/aromatic N) is 1. The standard InChI is InChI=1S/C8H13NO/c1-3-5-6-8(4-2)9-7-10/h4,8H,2-3,5-6H2,1H3. The van der Waals surface area contributed by atoms with Gasteiger partial charge in [-0.3, -0.25) is 0 Å². The Morgan fingerprint density at radius 3 is 2.90 bits per heavy atom. The summed E-state index contributed by atoms with van der Waals surface area (Å²) in [5, 5.41) is 0. The number of isocyanates is 1. The fraction of sp³-hybridized carbons (Fsp3) is 0.625. The summed E-state index contributed by atoms with van der Waals surface area (Å²) < 4.78 is 0. The molecule has 10 heavy (non-hydrogen) atoms. The van der Waals surface area contributed by atoms with Crippen molar-refractivity contribution in [3.8, 4) is 0 Å². The average Bonchev–Trinajstić information content (AvgIpc) is 1.98. The highest BCUT2D eigenvalue weighted by Crippen LogP contribution is 2.03. The number of hydrogen-bond acceptors (Lipinski definition) is 2. The molecular weight excluding hydrogens is 126 g/mol. The second kappa shape index (κ2) is 6.24. The lowest BCUT2D eigenvalue weighted by Crippen LogP contribution is -1.97. The first-order chi connectivity index (χ1) is 4.85. The molecule has 0 aliphatic heterocycles. The maximum atomic E-state index is 9.80. The van der Waals surface area contributed by atoms with Gasteiger partial charge in [0.15, 0.2) is 0 Å². The van der Waals surface area contributed by atoms with Crippen molar-refractivity contribution in [2.75, 3.05) is 0 Å². The minimum Gasteiger partial charge on any atom is -0.211 e. The second-order valence-electron chi connectivity index (χ2n) is 2.17. The summed E-state index contributed by atoms with van der Waals surface area (Å²) in [6.07, 6.45) is 6.33. The highest BCUT2D eigenvalue weighted by Gasteiger charge is 1.97. The summed E-state index contributed by atoms with van der Waals surface area (Å²) in [5.74, 6) is 0. The first-order valence-corrected chi connectivity index (χ1v) is 3.54. The molecule has 0 N–H and O–H groups in total. The highest BCUT2D eigenvalue weighted by molar-refractivity contribution is 5.34. The first kappa shape index (κ1) is 9.12. The Morgan fingerprint density at radius 2 is 2.50 bits per heavy atom. The Balaban J connectivity index is 3.60. The highest BCUT2D eigenvalue weighted by atomic mass is 16.1. The summed E-state index contributed by atoms with van der Waals surface area (Å²) in [5.41, 5.74) is 0. The lowest BCUT2D eigenvalue weighted by molar-refractivity contribution is 0.556. The van der Waals surface area contributed by atoms with Crippen LogP contribution in [0.5, 0.6) is 0 Å². The van der Waals surface area contributed by atoms with Gasteiger partial charge in [-0.2, -0.15) is 4.99 Å². The van der Waals surface area contributed by atoms with Crippen molar-refractivity contribution < 1.29 is 4.79 Å². The molecule has 0 aromatic heterocycles. The number of hydrogen-bond donors (Lipinski definition) is 0. The molecule has 0 radical (unpaired) electrons. The minimum atomic E-state index is -0.0163. The van der Waals surface area contributed by atoms with Gasteiger partial charge in [-0.15, -0.1) is 6.58 Å². The fourth-order valence-electron chi connectivity index (χ4n) is 0.716. The molecule has 0 fully saturated rings. The first-order valence-electron chi connectivity index (χ1n) is 3.54. The third-order valence-corrected chi connectivity index (χ3v) is 1.34. The maximum absolute atomic E-state index is 9.80. The van der Waals surface area contributed by atoms with E-state index >= 15 is 0 Å². The molecule has 0 aromatic rings. The average molecular weight is 139 g/mol. The van der Waals surface area contributed by atoms with E-state index in [-0.39, 0.29) is 6.04 Å². The van der Waals surface area contributed by atoms with E-state index < -0.39 is 0 Å². The van der Waals surface area contributed by atoms with Crippen LogP contribution in [-0.2, 0) is 4.79 Å². The summed E-state index contributed by atoms with van der Waals surface area (Å²) in [7, 11) is 0. The lowest BCUT2D eigenvalue weighted by atomic mass is 10.1. The molecule has 0 aliphatic rings. The van der Waals surface area contributed by atoms with E-state index in [1.54, 1.807) is 6.08 Å². The summed E-state index contributed by atoms with van der Waals surface area (Å²) in [4.78, 5) is 13.4. The van der Waals surface area contributed by atoms with E-state index in [4.69, 9.17) is 0 Å². The Morgan fingerprint density at radius 1 is 1.80 bits per heavy atom. The van der Waals surface area contributed by atoms with Crippen LogP contribution in [0.15, 0.2) is 17.6 Å². The molecular formula is C8H13NO. The maximum Gasteiger partial charge on any atom is 0.235 e. The van der Waals surface area contributed by atoms with Crippen LogP contribution in [0, 0.1) is 0 Å². The van der Waals surface area contributed by atoms with Gasteiger partial charge >= 0.3 is 0 Å². The molecule has 56 valence electrons. The molecule has 2 nitrogen and oxygen atoms in total. The van der Waals surface area contributed by atoms with E-state index in [1.807, 2.05) is 0 Å². The van der Waals surface area contributed by atoms with Crippen LogP contribution in [0.1, 0.15) is 26.2 Å². The zero-order valence-corrected chi connectivity index (χ0v) is 6.34. The van der Waals surface area contributed by atoms with Gasteiger partial charge < -0.3 is 0 Å². The summed E-state index contributed by atoms with van der Waals surface area (Å²) >= 11 is 0. The van der Waals surface area contributed by atoms with Gasteiger partial charge in [-0.25, -0.2) is 4.79 Å². The van der Waals surface area contributed by atoms with Crippen LogP contribution in [0.4, 0.5) is 0 Å². The number of aliphatic imine (C=N–C) groups is 1. The Labute approximate surface area is 61.7 Å². The van der Waals surface area contributed by atoms with Crippen molar-refractivity contribution >= 4 is 6.08 Å². The number of carbonyl (C=O) groups excluding carboxylic acids is 1. The van der Waals surface area contributed by atoms with E-state index in [9.17, 15) is 4.79 Å². The van der Waals surface area contributed by atoms with Crippen molar-refractivity contribution in [3.63, 3.8) is 0 Å². The molecule has 0 bridgehead atoms. The van der Waals surface area contributed by atoms with Crippen molar-refractivity contribution in [1.82, 2.24) is 0 Å². The Kier molecular flexibility index (Phi) is 5.69. The van der Waals surface area contributed by atoms with Crippen molar-refractivity contribution in [2.45, 2.75) is 32.2 Å². The number of rotatable bonds is 5. The minimum absolute atomic E-state index is 0.0163. The third kappa shape index (κ3) is 4.04. The van der Waals surface area contributed by atoms with Gasteiger partial charge in [-0.1, -0.05) is 25.8 Å². The van der Waals surface area contributed by atoms with Gasteiger partial charge in [-0.05, 0) is 6.42 Å². The van der Waals surface area contributed by atoms with Crippen molar-refractivity contribution in [1.29, 1.82) is 0 Å². The van der Waals surface area contributed by atoms with Gasteiger partial charge in [0, 0.05) is 0 Å². The molecule has 0 heterocycles. The molecule has 0 aliphatic carbocycles. The van der Waals surface area contributed by atoms with Crippen LogP contribution in [0.25, 0.3) is 0 Å². The SMILES string of the molecule is C=CC(CCCC)N=C=O. The van der Waals surface area contributed by atoms with E-state index in [1.165, 1.54) is 6.08 Å². The molecule has 0 saturated carbocycles. The van der Waals surface area contributed by atoms with Crippen molar-refractivity contribution in [3.05, 3.63) is 12.7 Å². The Bertz CT molecular complexity index is 136. The predicted octanol–water partition coefficient (Wildman–Crippen LogP) is 2.07. The van der Waals surface area contributed by atoms with E-state index in [0.717, 1.165) is 19.3 Å². The monoisotopic (exact) mass is 139 g/mol. The van der Waals surface area contributed by atoms with Gasteiger partial charge in [0.1, 0.15) is 0 Å². The summed E-state index contributed by atoms with van der Waals surface area (Å²) in [6.45, 7) is 5.66. The molecule has 0 amide bonds. The molecule has 0 rings (SSSR count). The zero-order chi connectivity index (χ0) is 7.82. The van der Waals surface area contributed by atoms with Crippen molar-refractivity contribution in [2.24, 2.45) is 4.99 Å². The predicted molar refractivity (Wildman–Crippen MR) is 41.6 cm³/mol. The smallest absolute Gasteiger partial charge is 0.211 e. The topological polar surface area (TPSA) is 29.4 Å². The molecule has 1 unspecified atom stereocenters.